The molecule has 1 rings (SSSR count). The SMILES string of the molecule is CNCC(COC)N1CCC(C(C)(C)C)CC1. The van der Waals surface area contributed by atoms with Crippen LogP contribution in [0.4, 0.5) is 0 Å². The summed E-state index contributed by atoms with van der Waals surface area (Å²) in [6, 6.07) is 0.533. The lowest BCUT2D eigenvalue weighted by molar-refractivity contribution is 0.0443. The quantitative estimate of drug-likeness (QED) is 0.798. The Kier molecular flexibility index (Phi) is 5.90. The molecule has 0 amide bonds. The number of methoxy groups -OCH3 is 1. The van der Waals surface area contributed by atoms with Crippen LogP contribution in [-0.4, -0.2) is 51.3 Å². The number of hydrogen-bond donors (Lipinski definition) is 1. The second-order valence-electron chi connectivity index (χ2n) is 6.34. The van der Waals surface area contributed by atoms with E-state index in [1.807, 2.05) is 7.05 Å². The monoisotopic (exact) mass is 242 g/mol. The van der Waals surface area contributed by atoms with E-state index in [4.69, 9.17) is 4.74 Å². The molecule has 0 bridgehead atoms. The summed E-state index contributed by atoms with van der Waals surface area (Å²) in [7, 11) is 3.81. The van der Waals surface area contributed by atoms with Crippen LogP contribution in [-0.2, 0) is 4.74 Å². The summed E-state index contributed by atoms with van der Waals surface area (Å²) >= 11 is 0. The minimum atomic E-state index is 0.464. The second kappa shape index (κ2) is 6.72. The minimum Gasteiger partial charge on any atom is -0.383 e. The molecule has 3 heteroatoms. The lowest BCUT2D eigenvalue weighted by atomic mass is 9.75. The van der Waals surface area contributed by atoms with E-state index in [0.29, 0.717) is 11.5 Å². The maximum atomic E-state index is 5.32. The molecule has 1 fully saturated rings. The van der Waals surface area contributed by atoms with Crippen molar-refractivity contribution in [3.05, 3.63) is 0 Å². The second-order valence-corrected chi connectivity index (χ2v) is 6.34. The normalized spacial score (nSPS) is 21.7. The zero-order valence-corrected chi connectivity index (χ0v) is 12.3. The molecular formula is C14H30N2O. The fourth-order valence-electron chi connectivity index (χ4n) is 2.85. The molecule has 0 radical (unpaired) electrons. The van der Waals surface area contributed by atoms with E-state index in [0.717, 1.165) is 19.1 Å². The summed E-state index contributed by atoms with van der Waals surface area (Å²) in [6.45, 7) is 11.4. The van der Waals surface area contributed by atoms with Crippen LogP contribution in [0.2, 0.25) is 0 Å². The Labute approximate surface area is 107 Å². The van der Waals surface area contributed by atoms with Crippen LogP contribution in [0.3, 0.4) is 0 Å². The molecule has 1 N–H and O–H groups in total. The predicted molar refractivity (Wildman–Crippen MR) is 73.3 cm³/mol. The van der Waals surface area contributed by atoms with Crippen molar-refractivity contribution in [3.63, 3.8) is 0 Å². The lowest BCUT2D eigenvalue weighted by Gasteiger charge is -2.41. The van der Waals surface area contributed by atoms with Gasteiger partial charge in [-0.2, -0.15) is 0 Å². The van der Waals surface area contributed by atoms with Gasteiger partial charge in [-0.25, -0.2) is 0 Å². The van der Waals surface area contributed by atoms with Crippen LogP contribution in [0, 0.1) is 11.3 Å². The Morgan fingerprint density at radius 2 is 1.88 bits per heavy atom. The third-order valence-electron chi connectivity index (χ3n) is 4.07. The molecule has 3 nitrogen and oxygen atoms in total. The third kappa shape index (κ3) is 4.57. The molecule has 0 aromatic rings. The average Bonchev–Trinajstić information content (AvgIpc) is 2.28. The zero-order chi connectivity index (χ0) is 12.9. The van der Waals surface area contributed by atoms with Crippen LogP contribution >= 0.6 is 0 Å². The Morgan fingerprint density at radius 1 is 1.29 bits per heavy atom. The molecule has 17 heavy (non-hydrogen) atoms. The average molecular weight is 242 g/mol. The Bertz CT molecular complexity index is 199. The van der Waals surface area contributed by atoms with Crippen molar-refractivity contribution in [3.8, 4) is 0 Å². The van der Waals surface area contributed by atoms with Crippen molar-refractivity contribution in [1.29, 1.82) is 0 Å². The fraction of sp³-hybridized carbons (Fsp3) is 1.00. The summed E-state index contributed by atoms with van der Waals surface area (Å²) in [5.41, 5.74) is 0.464. The number of nitrogens with zero attached hydrogens (tertiary/aromatic N) is 1. The van der Waals surface area contributed by atoms with Gasteiger partial charge < -0.3 is 10.1 Å². The molecule has 0 saturated carbocycles. The highest BCUT2D eigenvalue weighted by molar-refractivity contribution is 4.84. The Hall–Kier alpha value is -0.120. The van der Waals surface area contributed by atoms with Gasteiger partial charge in [0.25, 0.3) is 0 Å². The van der Waals surface area contributed by atoms with Crippen molar-refractivity contribution >= 4 is 0 Å². The molecule has 1 aliphatic rings. The van der Waals surface area contributed by atoms with E-state index >= 15 is 0 Å². The predicted octanol–water partition coefficient (Wildman–Crippen LogP) is 1.98. The Balaban J connectivity index is 2.43. The molecule has 1 saturated heterocycles. The number of rotatable bonds is 5. The summed E-state index contributed by atoms with van der Waals surface area (Å²) in [6.07, 6.45) is 2.65. The summed E-state index contributed by atoms with van der Waals surface area (Å²) in [5, 5.41) is 3.27. The highest BCUT2D eigenvalue weighted by Gasteiger charge is 2.30. The first-order chi connectivity index (χ1) is 7.99. The first-order valence-electron chi connectivity index (χ1n) is 6.86. The minimum absolute atomic E-state index is 0.464. The van der Waals surface area contributed by atoms with Crippen LogP contribution in [0.15, 0.2) is 0 Å². The first-order valence-corrected chi connectivity index (χ1v) is 6.86. The third-order valence-corrected chi connectivity index (χ3v) is 4.07. The lowest BCUT2D eigenvalue weighted by Crippen LogP contribution is -2.49. The number of likely N-dealkylation sites (tertiary alicyclic amines) is 1. The number of piperidine rings is 1. The van der Waals surface area contributed by atoms with Gasteiger partial charge in [0.1, 0.15) is 0 Å². The van der Waals surface area contributed by atoms with E-state index in [1.54, 1.807) is 7.11 Å². The largest absolute Gasteiger partial charge is 0.383 e. The molecule has 0 aromatic heterocycles. The van der Waals surface area contributed by atoms with E-state index in [1.165, 1.54) is 25.9 Å². The molecule has 0 spiro atoms. The molecular weight excluding hydrogens is 212 g/mol. The standard InChI is InChI=1S/C14H30N2O/c1-14(2,3)12-6-8-16(9-7-12)13(10-15-4)11-17-5/h12-13,15H,6-11H2,1-5H3. The van der Waals surface area contributed by atoms with Gasteiger partial charge in [0, 0.05) is 19.7 Å². The topological polar surface area (TPSA) is 24.5 Å². The van der Waals surface area contributed by atoms with E-state index in [2.05, 4.69) is 31.0 Å². The summed E-state index contributed by atoms with van der Waals surface area (Å²) < 4.78 is 5.32. The summed E-state index contributed by atoms with van der Waals surface area (Å²) in [4.78, 5) is 2.59. The maximum Gasteiger partial charge on any atom is 0.0630 e. The molecule has 1 unspecified atom stereocenters. The van der Waals surface area contributed by atoms with Crippen molar-refractivity contribution in [2.45, 2.75) is 39.7 Å². The molecule has 0 aliphatic carbocycles. The van der Waals surface area contributed by atoms with Gasteiger partial charge in [0.2, 0.25) is 0 Å². The van der Waals surface area contributed by atoms with Crippen LogP contribution in [0.1, 0.15) is 33.6 Å². The van der Waals surface area contributed by atoms with Crippen LogP contribution in [0.25, 0.3) is 0 Å². The van der Waals surface area contributed by atoms with E-state index in [9.17, 15) is 0 Å². The van der Waals surface area contributed by atoms with Crippen molar-refractivity contribution in [1.82, 2.24) is 10.2 Å². The van der Waals surface area contributed by atoms with E-state index < -0.39 is 0 Å². The van der Waals surface area contributed by atoms with Crippen molar-refractivity contribution < 1.29 is 4.74 Å². The van der Waals surface area contributed by atoms with Gasteiger partial charge in [0.15, 0.2) is 0 Å². The van der Waals surface area contributed by atoms with Gasteiger partial charge in [0.05, 0.1) is 6.61 Å². The van der Waals surface area contributed by atoms with Gasteiger partial charge in [-0.15, -0.1) is 0 Å². The fourth-order valence-corrected chi connectivity index (χ4v) is 2.85. The maximum absolute atomic E-state index is 5.32. The van der Waals surface area contributed by atoms with Gasteiger partial charge in [-0.3, -0.25) is 4.90 Å². The van der Waals surface area contributed by atoms with Crippen molar-refractivity contribution in [2.75, 3.05) is 40.4 Å². The van der Waals surface area contributed by atoms with Gasteiger partial charge in [-0.05, 0) is 44.3 Å². The van der Waals surface area contributed by atoms with E-state index in [-0.39, 0.29) is 0 Å². The molecule has 1 heterocycles. The number of nitrogens with one attached hydrogen (secondary N) is 1. The molecule has 0 aromatic carbocycles. The highest BCUT2D eigenvalue weighted by atomic mass is 16.5. The number of ether oxygens (including phenoxy) is 1. The van der Waals surface area contributed by atoms with Crippen LogP contribution in [0.5, 0.6) is 0 Å². The number of likely N-dealkylation sites (N-methyl/N-ethyl adjacent to an activating group) is 1. The summed E-state index contributed by atoms with van der Waals surface area (Å²) in [5.74, 6) is 0.872. The van der Waals surface area contributed by atoms with Gasteiger partial charge >= 0.3 is 0 Å². The molecule has 102 valence electrons. The zero-order valence-electron chi connectivity index (χ0n) is 12.3. The number of hydrogen-bond acceptors (Lipinski definition) is 3. The van der Waals surface area contributed by atoms with Crippen molar-refractivity contribution in [2.24, 2.45) is 11.3 Å². The molecule has 1 atom stereocenters. The Morgan fingerprint density at radius 3 is 2.29 bits per heavy atom. The highest BCUT2D eigenvalue weighted by Crippen LogP contribution is 2.34. The smallest absolute Gasteiger partial charge is 0.0630 e. The van der Waals surface area contributed by atoms with Gasteiger partial charge in [-0.1, -0.05) is 20.8 Å². The molecule has 1 aliphatic heterocycles. The van der Waals surface area contributed by atoms with Crippen LogP contribution < -0.4 is 5.32 Å². The first kappa shape index (κ1) is 14.9.